The molecule has 0 spiro atoms. The molecule has 1 aliphatic rings. The molecule has 6 nitrogen and oxygen atoms in total. The number of amides is 1. The maximum absolute atomic E-state index is 12.4. The third kappa shape index (κ3) is 3.76. The number of aryl methyl sites for hydroxylation is 1. The standard InChI is InChI=1S/C17H21ClN4O2/c1-2-3-8-15-20-14(21-24-15)11-22-10-9-19-17(23)16(22)12-6-4-5-7-13(12)18/h4-7,16H,2-3,8-11H2,1H3,(H,19,23). The average molecular weight is 349 g/mol. The first kappa shape index (κ1) is 16.9. The monoisotopic (exact) mass is 348 g/mol. The van der Waals surface area contributed by atoms with E-state index < -0.39 is 6.04 Å². The largest absolute Gasteiger partial charge is 0.353 e. The van der Waals surface area contributed by atoms with Gasteiger partial charge in [-0.1, -0.05) is 48.3 Å². The minimum absolute atomic E-state index is 0.0518. The van der Waals surface area contributed by atoms with E-state index in [1.807, 2.05) is 23.1 Å². The van der Waals surface area contributed by atoms with Gasteiger partial charge in [0, 0.05) is 24.5 Å². The number of rotatable bonds is 6. The number of nitrogens with zero attached hydrogens (tertiary/aromatic N) is 3. The fraction of sp³-hybridized carbons (Fsp3) is 0.471. The molecule has 7 heteroatoms. The highest BCUT2D eigenvalue weighted by molar-refractivity contribution is 6.31. The minimum atomic E-state index is -0.440. The highest BCUT2D eigenvalue weighted by Gasteiger charge is 2.33. The van der Waals surface area contributed by atoms with Gasteiger partial charge in [0.15, 0.2) is 5.82 Å². The number of carbonyl (C=O) groups is 1. The third-order valence-electron chi connectivity index (χ3n) is 4.11. The second-order valence-electron chi connectivity index (χ2n) is 5.89. The summed E-state index contributed by atoms with van der Waals surface area (Å²) in [7, 11) is 0. The van der Waals surface area contributed by atoms with Crippen LogP contribution in [-0.4, -0.2) is 34.0 Å². The van der Waals surface area contributed by atoms with Crippen molar-refractivity contribution < 1.29 is 9.32 Å². The van der Waals surface area contributed by atoms with Crippen LogP contribution < -0.4 is 5.32 Å². The van der Waals surface area contributed by atoms with Gasteiger partial charge in [0.1, 0.15) is 6.04 Å². The number of carbonyl (C=O) groups excluding carboxylic acids is 1. The maximum Gasteiger partial charge on any atom is 0.242 e. The van der Waals surface area contributed by atoms with Crippen molar-refractivity contribution >= 4 is 17.5 Å². The van der Waals surface area contributed by atoms with E-state index in [0.29, 0.717) is 36.4 Å². The molecule has 1 aromatic carbocycles. The smallest absolute Gasteiger partial charge is 0.242 e. The lowest BCUT2D eigenvalue weighted by molar-refractivity contribution is -0.129. The summed E-state index contributed by atoms with van der Waals surface area (Å²) >= 11 is 6.30. The predicted octanol–water partition coefficient (Wildman–Crippen LogP) is 2.74. The van der Waals surface area contributed by atoms with Crippen LogP contribution in [0.25, 0.3) is 0 Å². The highest BCUT2D eigenvalue weighted by Crippen LogP contribution is 2.30. The Morgan fingerprint density at radius 2 is 2.25 bits per heavy atom. The second-order valence-corrected chi connectivity index (χ2v) is 6.30. The first-order chi connectivity index (χ1) is 11.7. The molecule has 128 valence electrons. The summed E-state index contributed by atoms with van der Waals surface area (Å²) in [5.74, 6) is 1.21. The van der Waals surface area contributed by atoms with Crippen LogP contribution in [0.3, 0.4) is 0 Å². The lowest BCUT2D eigenvalue weighted by Gasteiger charge is -2.34. The van der Waals surface area contributed by atoms with E-state index in [2.05, 4.69) is 22.4 Å². The zero-order chi connectivity index (χ0) is 16.9. The summed E-state index contributed by atoms with van der Waals surface area (Å²) in [6, 6.07) is 6.99. The van der Waals surface area contributed by atoms with Crippen LogP contribution in [-0.2, 0) is 17.8 Å². The topological polar surface area (TPSA) is 71.3 Å². The molecule has 2 heterocycles. The fourth-order valence-corrected chi connectivity index (χ4v) is 3.12. The first-order valence-electron chi connectivity index (χ1n) is 8.26. The summed E-state index contributed by atoms with van der Waals surface area (Å²) in [6.45, 7) is 3.89. The van der Waals surface area contributed by atoms with Gasteiger partial charge in [-0.25, -0.2) is 0 Å². The Morgan fingerprint density at radius 1 is 1.42 bits per heavy atom. The van der Waals surface area contributed by atoms with Gasteiger partial charge in [-0.2, -0.15) is 4.98 Å². The van der Waals surface area contributed by atoms with E-state index >= 15 is 0 Å². The summed E-state index contributed by atoms with van der Waals surface area (Å²) in [6.07, 6.45) is 2.90. The lowest BCUT2D eigenvalue weighted by Crippen LogP contribution is -2.49. The van der Waals surface area contributed by atoms with Crippen LogP contribution in [0.5, 0.6) is 0 Å². The van der Waals surface area contributed by atoms with Gasteiger partial charge in [-0.3, -0.25) is 9.69 Å². The molecule has 0 aliphatic carbocycles. The molecule has 1 saturated heterocycles. The van der Waals surface area contributed by atoms with E-state index in [-0.39, 0.29) is 5.91 Å². The summed E-state index contributed by atoms with van der Waals surface area (Å²) in [4.78, 5) is 18.9. The molecular formula is C17H21ClN4O2. The van der Waals surface area contributed by atoms with Gasteiger partial charge in [-0.15, -0.1) is 0 Å². The van der Waals surface area contributed by atoms with Crippen LogP contribution in [0.1, 0.15) is 43.1 Å². The molecule has 24 heavy (non-hydrogen) atoms. The van der Waals surface area contributed by atoms with Crippen molar-refractivity contribution in [3.05, 3.63) is 46.6 Å². The molecule has 1 fully saturated rings. The van der Waals surface area contributed by atoms with Gasteiger partial charge in [0.25, 0.3) is 0 Å². The Hall–Kier alpha value is -1.92. The molecule has 0 radical (unpaired) electrons. The third-order valence-corrected chi connectivity index (χ3v) is 4.45. The Labute approximate surface area is 146 Å². The maximum atomic E-state index is 12.4. The van der Waals surface area contributed by atoms with Crippen LogP contribution in [0, 0.1) is 0 Å². The van der Waals surface area contributed by atoms with E-state index in [1.165, 1.54) is 0 Å². The van der Waals surface area contributed by atoms with Gasteiger partial charge in [-0.05, 0) is 18.1 Å². The van der Waals surface area contributed by atoms with E-state index in [0.717, 1.165) is 24.8 Å². The van der Waals surface area contributed by atoms with E-state index in [9.17, 15) is 4.79 Å². The minimum Gasteiger partial charge on any atom is -0.353 e. The van der Waals surface area contributed by atoms with E-state index in [4.69, 9.17) is 16.1 Å². The number of hydrogen-bond acceptors (Lipinski definition) is 5. The van der Waals surface area contributed by atoms with Crippen LogP contribution in [0.4, 0.5) is 0 Å². The predicted molar refractivity (Wildman–Crippen MR) is 90.5 cm³/mol. The van der Waals surface area contributed by atoms with E-state index in [1.54, 1.807) is 6.07 Å². The zero-order valence-corrected chi connectivity index (χ0v) is 14.4. The Bertz CT molecular complexity index is 703. The molecule has 0 saturated carbocycles. The van der Waals surface area contributed by atoms with Crippen molar-refractivity contribution in [1.82, 2.24) is 20.4 Å². The highest BCUT2D eigenvalue weighted by atomic mass is 35.5. The van der Waals surface area contributed by atoms with Crippen molar-refractivity contribution in [3.8, 4) is 0 Å². The summed E-state index contributed by atoms with van der Waals surface area (Å²) < 4.78 is 5.29. The number of aromatic nitrogens is 2. The number of unbranched alkanes of at least 4 members (excludes halogenated alkanes) is 1. The molecule has 1 N–H and O–H groups in total. The average Bonchev–Trinajstić information content (AvgIpc) is 3.02. The zero-order valence-electron chi connectivity index (χ0n) is 13.7. The molecule has 1 atom stereocenters. The van der Waals surface area contributed by atoms with Crippen LogP contribution >= 0.6 is 11.6 Å². The van der Waals surface area contributed by atoms with Crippen molar-refractivity contribution in [3.63, 3.8) is 0 Å². The number of halogens is 1. The fourth-order valence-electron chi connectivity index (χ4n) is 2.88. The molecule has 0 bridgehead atoms. The number of hydrogen-bond donors (Lipinski definition) is 1. The molecule has 1 amide bonds. The van der Waals surface area contributed by atoms with Crippen molar-refractivity contribution in [2.24, 2.45) is 0 Å². The first-order valence-corrected chi connectivity index (χ1v) is 8.64. The van der Waals surface area contributed by atoms with Gasteiger partial charge in [0.2, 0.25) is 11.8 Å². The number of benzene rings is 1. The SMILES string of the molecule is CCCCc1nc(CN2CCNC(=O)C2c2ccccc2Cl)no1. The van der Waals surface area contributed by atoms with Crippen LogP contribution in [0.15, 0.2) is 28.8 Å². The lowest BCUT2D eigenvalue weighted by atomic mass is 10.0. The number of nitrogens with one attached hydrogen (secondary N) is 1. The molecule has 3 rings (SSSR count). The molecule has 1 unspecified atom stereocenters. The summed E-state index contributed by atoms with van der Waals surface area (Å²) in [5.41, 5.74) is 0.797. The Morgan fingerprint density at radius 3 is 3.04 bits per heavy atom. The summed E-state index contributed by atoms with van der Waals surface area (Å²) in [5, 5.41) is 7.53. The van der Waals surface area contributed by atoms with Gasteiger partial charge in [0.05, 0.1) is 6.54 Å². The molecular weight excluding hydrogens is 328 g/mol. The van der Waals surface area contributed by atoms with Gasteiger partial charge < -0.3 is 9.84 Å². The molecule has 1 aromatic heterocycles. The molecule has 2 aromatic rings. The Kier molecular flexibility index (Phi) is 5.48. The van der Waals surface area contributed by atoms with Gasteiger partial charge >= 0.3 is 0 Å². The van der Waals surface area contributed by atoms with Crippen LogP contribution in [0.2, 0.25) is 5.02 Å². The van der Waals surface area contributed by atoms with Crippen molar-refractivity contribution in [2.45, 2.75) is 38.8 Å². The Balaban J connectivity index is 1.78. The quantitative estimate of drug-likeness (QED) is 0.869. The molecule has 1 aliphatic heterocycles. The normalized spacial score (nSPS) is 18.6. The number of piperazine rings is 1. The van der Waals surface area contributed by atoms with Crippen molar-refractivity contribution in [1.29, 1.82) is 0 Å². The van der Waals surface area contributed by atoms with Crippen molar-refractivity contribution in [2.75, 3.05) is 13.1 Å². The second kappa shape index (κ2) is 7.77.